The lowest BCUT2D eigenvalue weighted by molar-refractivity contribution is -0.114. The standard InChI is InChI=1S/C17H27N3O3/c1-12(21)20-14-6-7-15(23-5)13(10-14)8-9-18-16(22)19-11-17(2,3)4/h6-7,10H,8-9,11H2,1-5H3,(H,20,21)(H2,18,19,22). The van der Waals surface area contributed by atoms with Gasteiger partial charge in [-0.2, -0.15) is 0 Å². The normalized spacial score (nSPS) is 10.8. The average molecular weight is 321 g/mol. The molecule has 1 rings (SSSR count). The van der Waals surface area contributed by atoms with Crippen molar-refractivity contribution < 1.29 is 14.3 Å². The van der Waals surface area contributed by atoms with Crippen molar-refractivity contribution in [1.29, 1.82) is 0 Å². The van der Waals surface area contributed by atoms with Crippen LogP contribution in [-0.4, -0.2) is 32.1 Å². The van der Waals surface area contributed by atoms with E-state index >= 15 is 0 Å². The highest BCUT2D eigenvalue weighted by Gasteiger charge is 2.12. The predicted molar refractivity (Wildman–Crippen MR) is 91.9 cm³/mol. The van der Waals surface area contributed by atoms with E-state index in [2.05, 4.69) is 36.7 Å². The Balaban J connectivity index is 2.55. The first-order chi connectivity index (χ1) is 10.7. The van der Waals surface area contributed by atoms with Crippen molar-refractivity contribution in [3.8, 4) is 5.75 Å². The maximum atomic E-state index is 11.7. The molecule has 0 aliphatic carbocycles. The lowest BCUT2D eigenvalue weighted by Crippen LogP contribution is -2.40. The molecule has 0 fully saturated rings. The molecule has 0 atom stereocenters. The van der Waals surface area contributed by atoms with E-state index in [1.165, 1.54) is 6.92 Å². The zero-order valence-corrected chi connectivity index (χ0v) is 14.6. The van der Waals surface area contributed by atoms with Gasteiger partial charge in [0.15, 0.2) is 0 Å². The predicted octanol–water partition coefficient (Wildman–Crippen LogP) is 2.54. The molecule has 0 unspecified atom stereocenters. The third-order valence-corrected chi connectivity index (χ3v) is 3.06. The number of nitrogens with one attached hydrogen (secondary N) is 3. The molecule has 6 nitrogen and oxygen atoms in total. The Bertz CT molecular complexity index is 551. The summed E-state index contributed by atoms with van der Waals surface area (Å²) in [5, 5.41) is 8.40. The van der Waals surface area contributed by atoms with Gasteiger partial charge in [-0.15, -0.1) is 0 Å². The van der Waals surface area contributed by atoms with Gasteiger partial charge in [0.05, 0.1) is 7.11 Å². The molecule has 0 saturated carbocycles. The fourth-order valence-electron chi connectivity index (χ4n) is 1.97. The highest BCUT2D eigenvalue weighted by molar-refractivity contribution is 5.88. The Kier molecular flexibility index (Phi) is 6.88. The molecule has 0 radical (unpaired) electrons. The van der Waals surface area contributed by atoms with Gasteiger partial charge in [-0.3, -0.25) is 4.79 Å². The van der Waals surface area contributed by atoms with Gasteiger partial charge in [-0.1, -0.05) is 20.8 Å². The molecule has 6 heteroatoms. The van der Waals surface area contributed by atoms with Crippen LogP contribution in [0.5, 0.6) is 5.75 Å². The van der Waals surface area contributed by atoms with Crippen LogP contribution in [0.2, 0.25) is 0 Å². The van der Waals surface area contributed by atoms with E-state index in [9.17, 15) is 9.59 Å². The number of carbonyl (C=O) groups excluding carboxylic acids is 2. The minimum absolute atomic E-state index is 0.0489. The van der Waals surface area contributed by atoms with Gasteiger partial charge in [0, 0.05) is 25.7 Å². The largest absolute Gasteiger partial charge is 0.496 e. The SMILES string of the molecule is COc1ccc(NC(C)=O)cc1CCNC(=O)NCC(C)(C)C. The van der Waals surface area contributed by atoms with E-state index in [0.29, 0.717) is 25.2 Å². The lowest BCUT2D eigenvalue weighted by atomic mass is 9.97. The fourth-order valence-corrected chi connectivity index (χ4v) is 1.97. The number of methoxy groups -OCH3 is 1. The van der Waals surface area contributed by atoms with E-state index in [0.717, 1.165) is 11.3 Å². The van der Waals surface area contributed by atoms with Crippen LogP contribution in [0.1, 0.15) is 33.3 Å². The van der Waals surface area contributed by atoms with E-state index in [1.807, 2.05) is 6.07 Å². The summed E-state index contributed by atoms with van der Waals surface area (Å²) in [5.41, 5.74) is 1.69. The minimum atomic E-state index is -0.183. The second-order valence-electron chi connectivity index (χ2n) is 6.63. The van der Waals surface area contributed by atoms with Gasteiger partial charge in [-0.05, 0) is 35.6 Å². The van der Waals surface area contributed by atoms with Gasteiger partial charge in [-0.25, -0.2) is 4.79 Å². The van der Waals surface area contributed by atoms with Crippen molar-refractivity contribution in [2.75, 3.05) is 25.5 Å². The quantitative estimate of drug-likeness (QED) is 0.753. The maximum absolute atomic E-state index is 11.7. The first kappa shape index (κ1) is 18.8. The van der Waals surface area contributed by atoms with Crippen LogP contribution < -0.4 is 20.7 Å². The molecular formula is C17H27N3O3. The van der Waals surface area contributed by atoms with Crippen LogP contribution in [0.25, 0.3) is 0 Å². The number of urea groups is 1. The molecule has 3 N–H and O–H groups in total. The Labute approximate surface area is 138 Å². The maximum Gasteiger partial charge on any atom is 0.314 e. The molecule has 0 aliphatic heterocycles. The molecule has 128 valence electrons. The summed E-state index contributed by atoms with van der Waals surface area (Å²) in [6, 6.07) is 5.26. The van der Waals surface area contributed by atoms with Crippen molar-refractivity contribution in [2.24, 2.45) is 5.41 Å². The Morgan fingerprint density at radius 1 is 1.17 bits per heavy atom. The van der Waals surface area contributed by atoms with Crippen molar-refractivity contribution in [1.82, 2.24) is 10.6 Å². The molecule has 23 heavy (non-hydrogen) atoms. The number of ether oxygens (including phenoxy) is 1. The molecule has 3 amide bonds. The molecule has 0 spiro atoms. The summed E-state index contributed by atoms with van der Waals surface area (Å²) in [5.74, 6) is 0.608. The summed E-state index contributed by atoms with van der Waals surface area (Å²) >= 11 is 0. The number of benzene rings is 1. The zero-order chi connectivity index (χ0) is 17.5. The van der Waals surface area contributed by atoms with Crippen LogP contribution >= 0.6 is 0 Å². The first-order valence-corrected chi connectivity index (χ1v) is 7.67. The van der Waals surface area contributed by atoms with Crippen molar-refractivity contribution in [2.45, 2.75) is 34.1 Å². The summed E-state index contributed by atoms with van der Waals surface area (Å²) in [6.07, 6.45) is 0.611. The summed E-state index contributed by atoms with van der Waals surface area (Å²) in [6.45, 7) is 8.74. The summed E-state index contributed by atoms with van der Waals surface area (Å²) in [7, 11) is 1.60. The lowest BCUT2D eigenvalue weighted by Gasteiger charge is -2.19. The molecule has 0 aromatic heterocycles. The highest BCUT2D eigenvalue weighted by atomic mass is 16.5. The van der Waals surface area contributed by atoms with Crippen LogP contribution in [-0.2, 0) is 11.2 Å². The molecule has 1 aromatic rings. The van der Waals surface area contributed by atoms with E-state index in [-0.39, 0.29) is 17.4 Å². The summed E-state index contributed by atoms with van der Waals surface area (Å²) in [4.78, 5) is 22.9. The molecular weight excluding hydrogens is 294 g/mol. The van der Waals surface area contributed by atoms with Gasteiger partial charge < -0.3 is 20.7 Å². The number of carbonyl (C=O) groups is 2. The average Bonchev–Trinajstić information content (AvgIpc) is 2.44. The van der Waals surface area contributed by atoms with Crippen molar-refractivity contribution in [3.63, 3.8) is 0 Å². The van der Waals surface area contributed by atoms with E-state index < -0.39 is 0 Å². The zero-order valence-electron chi connectivity index (χ0n) is 14.6. The Morgan fingerprint density at radius 3 is 2.43 bits per heavy atom. The minimum Gasteiger partial charge on any atom is -0.496 e. The Morgan fingerprint density at radius 2 is 1.87 bits per heavy atom. The fraction of sp³-hybridized carbons (Fsp3) is 0.529. The number of amides is 3. The molecule has 1 aromatic carbocycles. The molecule has 0 saturated heterocycles. The second-order valence-corrected chi connectivity index (χ2v) is 6.63. The van der Waals surface area contributed by atoms with Gasteiger partial charge in [0.25, 0.3) is 0 Å². The number of anilines is 1. The first-order valence-electron chi connectivity index (χ1n) is 7.67. The van der Waals surface area contributed by atoms with E-state index in [4.69, 9.17) is 4.74 Å². The molecule has 0 bridgehead atoms. The monoisotopic (exact) mass is 321 g/mol. The molecule has 0 heterocycles. The number of hydrogen-bond acceptors (Lipinski definition) is 3. The topological polar surface area (TPSA) is 79.5 Å². The van der Waals surface area contributed by atoms with Crippen LogP contribution in [0.3, 0.4) is 0 Å². The number of rotatable bonds is 6. The molecule has 0 aliphatic rings. The Hall–Kier alpha value is -2.24. The number of hydrogen-bond donors (Lipinski definition) is 3. The van der Waals surface area contributed by atoms with Crippen LogP contribution in [0, 0.1) is 5.41 Å². The second kappa shape index (κ2) is 8.41. The van der Waals surface area contributed by atoms with Crippen molar-refractivity contribution >= 4 is 17.6 Å². The third kappa shape index (κ3) is 7.54. The summed E-state index contributed by atoms with van der Waals surface area (Å²) < 4.78 is 5.31. The highest BCUT2D eigenvalue weighted by Crippen LogP contribution is 2.23. The smallest absolute Gasteiger partial charge is 0.314 e. The van der Waals surface area contributed by atoms with Gasteiger partial charge >= 0.3 is 6.03 Å². The van der Waals surface area contributed by atoms with E-state index in [1.54, 1.807) is 19.2 Å². The van der Waals surface area contributed by atoms with Gasteiger partial charge in [0.1, 0.15) is 5.75 Å². The van der Waals surface area contributed by atoms with Crippen molar-refractivity contribution in [3.05, 3.63) is 23.8 Å². The third-order valence-electron chi connectivity index (χ3n) is 3.06. The van der Waals surface area contributed by atoms with Gasteiger partial charge in [0.2, 0.25) is 5.91 Å². The van der Waals surface area contributed by atoms with Crippen LogP contribution in [0.15, 0.2) is 18.2 Å². The van der Waals surface area contributed by atoms with Crippen LogP contribution in [0.4, 0.5) is 10.5 Å².